The van der Waals surface area contributed by atoms with Crippen LogP contribution >= 0.6 is 0 Å². The van der Waals surface area contributed by atoms with Crippen LogP contribution < -0.4 is 14.2 Å². The molecule has 37 heavy (non-hydrogen) atoms. The molecule has 1 aliphatic rings. The monoisotopic (exact) mass is 510 g/mol. The van der Waals surface area contributed by atoms with Gasteiger partial charge in [0.15, 0.2) is 11.5 Å². The SMILES string of the molecule is COc1cc(C(=O)N2CCN(Cc3cccc4ccccc34)CC2)cc(OC)c1OC.O=C(O)C(=O)O. The molecule has 1 fully saturated rings. The van der Waals surface area contributed by atoms with E-state index in [1.54, 1.807) is 33.5 Å². The summed E-state index contributed by atoms with van der Waals surface area (Å²) >= 11 is 0. The molecule has 0 radical (unpaired) electrons. The Labute approximate surface area is 214 Å². The average molecular weight is 511 g/mol. The molecule has 10 nitrogen and oxygen atoms in total. The number of rotatable bonds is 6. The minimum Gasteiger partial charge on any atom is -0.493 e. The maximum atomic E-state index is 13.1. The molecule has 1 saturated heterocycles. The number of methoxy groups -OCH3 is 3. The number of carboxylic acid groups (broad SMARTS) is 2. The van der Waals surface area contributed by atoms with Crippen molar-refractivity contribution in [2.24, 2.45) is 0 Å². The fourth-order valence-electron chi connectivity index (χ4n) is 4.17. The third-order valence-electron chi connectivity index (χ3n) is 6.03. The molecule has 0 spiro atoms. The van der Waals surface area contributed by atoms with Crippen LogP contribution in [0, 0.1) is 0 Å². The van der Waals surface area contributed by atoms with Crippen molar-refractivity contribution < 1.29 is 38.8 Å². The minimum atomic E-state index is -1.82. The van der Waals surface area contributed by atoms with E-state index in [0.29, 0.717) is 35.9 Å². The first-order valence-corrected chi connectivity index (χ1v) is 11.5. The van der Waals surface area contributed by atoms with Crippen molar-refractivity contribution in [3.05, 3.63) is 65.7 Å². The second-order valence-corrected chi connectivity index (χ2v) is 8.23. The zero-order chi connectivity index (χ0) is 26.9. The van der Waals surface area contributed by atoms with E-state index in [0.717, 1.165) is 19.6 Å². The number of fused-ring (bicyclic) bond motifs is 1. The number of aliphatic carboxylic acids is 2. The van der Waals surface area contributed by atoms with Crippen molar-refractivity contribution in [3.63, 3.8) is 0 Å². The van der Waals surface area contributed by atoms with Crippen molar-refractivity contribution in [2.45, 2.75) is 6.54 Å². The molecule has 0 unspecified atom stereocenters. The van der Waals surface area contributed by atoms with E-state index in [4.69, 9.17) is 34.0 Å². The van der Waals surface area contributed by atoms with Crippen LogP contribution in [0.4, 0.5) is 0 Å². The highest BCUT2D eigenvalue weighted by Gasteiger charge is 2.25. The van der Waals surface area contributed by atoms with Gasteiger partial charge in [-0.15, -0.1) is 0 Å². The molecule has 1 aliphatic heterocycles. The van der Waals surface area contributed by atoms with Crippen LogP contribution in [0.3, 0.4) is 0 Å². The summed E-state index contributed by atoms with van der Waals surface area (Å²) < 4.78 is 16.1. The van der Waals surface area contributed by atoms with Crippen LogP contribution in [0.25, 0.3) is 10.8 Å². The van der Waals surface area contributed by atoms with Crippen LogP contribution in [0.2, 0.25) is 0 Å². The molecule has 0 bridgehead atoms. The van der Waals surface area contributed by atoms with Gasteiger partial charge < -0.3 is 29.3 Å². The molecule has 4 rings (SSSR count). The zero-order valence-corrected chi connectivity index (χ0v) is 21.0. The maximum Gasteiger partial charge on any atom is 0.414 e. The summed E-state index contributed by atoms with van der Waals surface area (Å²) in [6.45, 7) is 3.91. The van der Waals surface area contributed by atoms with Gasteiger partial charge >= 0.3 is 11.9 Å². The number of piperazine rings is 1. The lowest BCUT2D eigenvalue weighted by Gasteiger charge is -2.35. The number of carbonyl (C=O) groups is 3. The highest BCUT2D eigenvalue weighted by Crippen LogP contribution is 2.38. The molecule has 3 aromatic carbocycles. The fourth-order valence-corrected chi connectivity index (χ4v) is 4.17. The molecule has 0 atom stereocenters. The zero-order valence-electron chi connectivity index (χ0n) is 21.0. The molecule has 3 aromatic rings. The van der Waals surface area contributed by atoms with Crippen molar-refractivity contribution in [2.75, 3.05) is 47.5 Å². The molecular weight excluding hydrogens is 480 g/mol. The van der Waals surface area contributed by atoms with Gasteiger partial charge in [-0.3, -0.25) is 9.69 Å². The predicted molar refractivity (Wildman–Crippen MR) is 136 cm³/mol. The first-order chi connectivity index (χ1) is 17.8. The number of hydrogen-bond acceptors (Lipinski definition) is 7. The van der Waals surface area contributed by atoms with Gasteiger partial charge in [-0.05, 0) is 28.5 Å². The van der Waals surface area contributed by atoms with Crippen LogP contribution in [-0.2, 0) is 16.1 Å². The average Bonchev–Trinajstić information content (AvgIpc) is 2.92. The van der Waals surface area contributed by atoms with Crippen LogP contribution in [0.5, 0.6) is 17.2 Å². The first-order valence-electron chi connectivity index (χ1n) is 11.5. The number of ether oxygens (including phenoxy) is 3. The summed E-state index contributed by atoms with van der Waals surface area (Å²) in [5, 5.41) is 17.3. The summed E-state index contributed by atoms with van der Waals surface area (Å²) in [6, 6.07) is 18.4. The third kappa shape index (κ3) is 6.68. The lowest BCUT2D eigenvalue weighted by atomic mass is 10.0. The molecule has 1 amide bonds. The second kappa shape index (κ2) is 12.6. The molecule has 0 aliphatic carbocycles. The molecule has 0 saturated carbocycles. The number of carboxylic acids is 2. The Kier molecular flexibility index (Phi) is 9.28. The van der Waals surface area contributed by atoms with Gasteiger partial charge in [0.25, 0.3) is 5.91 Å². The van der Waals surface area contributed by atoms with E-state index in [2.05, 4.69) is 47.4 Å². The van der Waals surface area contributed by atoms with Gasteiger partial charge in [-0.2, -0.15) is 0 Å². The number of nitrogens with zero attached hydrogens (tertiary/aromatic N) is 2. The van der Waals surface area contributed by atoms with E-state index < -0.39 is 11.9 Å². The Hall–Kier alpha value is -4.31. The largest absolute Gasteiger partial charge is 0.493 e. The summed E-state index contributed by atoms with van der Waals surface area (Å²) in [4.78, 5) is 35.6. The lowest BCUT2D eigenvalue weighted by Crippen LogP contribution is -2.48. The highest BCUT2D eigenvalue weighted by molar-refractivity contribution is 6.27. The molecule has 10 heteroatoms. The lowest BCUT2D eigenvalue weighted by molar-refractivity contribution is -0.159. The Morgan fingerprint density at radius 3 is 1.89 bits per heavy atom. The topological polar surface area (TPSA) is 126 Å². The summed E-state index contributed by atoms with van der Waals surface area (Å²) in [7, 11) is 4.66. The maximum absolute atomic E-state index is 13.1. The van der Waals surface area contributed by atoms with E-state index in [1.165, 1.54) is 16.3 Å². The van der Waals surface area contributed by atoms with E-state index >= 15 is 0 Å². The summed E-state index contributed by atoms with van der Waals surface area (Å²) in [5.41, 5.74) is 1.86. The van der Waals surface area contributed by atoms with Gasteiger partial charge in [0.2, 0.25) is 5.75 Å². The third-order valence-corrected chi connectivity index (χ3v) is 6.03. The first kappa shape index (κ1) is 27.3. The standard InChI is InChI=1S/C25H28N2O4.C2H2O4/c1-29-22-15-20(16-23(30-2)24(22)31-3)25(28)27-13-11-26(12-14-27)17-19-9-6-8-18-7-4-5-10-21(18)19;3-1(4)2(5)6/h4-10,15-16H,11-14,17H2,1-3H3;(H,3,4)(H,5,6). The van der Waals surface area contributed by atoms with Crippen molar-refractivity contribution in [1.82, 2.24) is 9.80 Å². The van der Waals surface area contributed by atoms with Gasteiger partial charge in [0.05, 0.1) is 21.3 Å². The number of benzene rings is 3. The number of amides is 1. The smallest absolute Gasteiger partial charge is 0.414 e. The second-order valence-electron chi connectivity index (χ2n) is 8.23. The van der Waals surface area contributed by atoms with E-state index in [1.807, 2.05) is 4.90 Å². The molecule has 0 aromatic heterocycles. The van der Waals surface area contributed by atoms with Crippen molar-refractivity contribution >= 4 is 28.6 Å². The Balaban J connectivity index is 0.000000568. The highest BCUT2D eigenvalue weighted by atomic mass is 16.5. The summed E-state index contributed by atoms with van der Waals surface area (Å²) in [6.07, 6.45) is 0. The Bertz CT molecular complexity index is 1230. The quantitative estimate of drug-likeness (QED) is 0.481. The number of hydrogen-bond donors (Lipinski definition) is 2. The predicted octanol–water partition coefficient (Wildman–Crippen LogP) is 2.98. The van der Waals surface area contributed by atoms with Gasteiger partial charge in [-0.1, -0.05) is 42.5 Å². The minimum absolute atomic E-state index is 0.0240. The Morgan fingerprint density at radius 1 is 0.784 bits per heavy atom. The van der Waals surface area contributed by atoms with Crippen molar-refractivity contribution in [3.8, 4) is 17.2 Å². The molecule has 2 N–H and O–H groups in total. The van der Waals surface area contributed by atoms with Crippen LogP contribution in [0.1, 0.15) is 15.9 Å². The van der Waals surface area contributed by atoms with E-state index in [-0.39, 0.29) is 5.91 Å². The normalized spacial score (nSPS) is 13.3. The van der Waals surface area contributed by atoms with Crippen molar-refractivity contribution in [1.29, 1.82) is 0 Å². The number of carbonyl (C=O) groups excluding carboxylic acids is 1. The molecule has 196 valence electrons. The van der Waals surface area contributed by atoms with Gasteiger partial charge in [-0.25, -0.2) is 9.59 Å². The van der Waals surface area contributed by atoms with Crippen LogP contribution in [-0.4, -0.2) is 85.4 Å². The molecular formula is C27H30N2O8. The van der Waals surface area contributed by atoms with Gasteiger partial charge in [0, 0.05) is 38.3 Å². The molecule has 1 heterocycles. The van der Waals surface area contributed by atoms with Gasteiger partial charge in [0.1, 0.15) is 0 Å². The Morgan fingerprint density at radius 2 is 1.35 bits per heavy atom. The fraction of sp³-hybridized carbons (Fsp3) is 0.296. The van der Waals surface area contributed by atoms with E-state index in [9.17, 15) is 4.79 Å². The van der Waals surface area contributed by atoms with Crippen LogP contribution in [0.15, 0.2) is 54.6 Å². The summed E-state index contributed by atoms with van der Waals surface area (Å²) in [5.74, 6) is -2.21.